The van der Waals surface area contributed by atoms with Crippen LogP contribution < -0.4 is 15.2 Å². The van der Waals surface area contributed by atoms with Gasteiger partial charge < -0.3 is 10.5 Å². The Morgan fingerprint density at radius 3 is 2.65 bits per heavy atom. The standard InChI is InChI=1S/C14H22N2O3S/c1-19-14-8-7-12(15)9-11(14)10-16-20(17,18)13-5-3-2-4-6-13/h7-9,13,16H,2-6,10,15H2,1H3. The van der Waals surface area contributed by atoms with Crippen molar-refractivity contribution in [3.8, 4) is 5.75 Å². The number of sulfonamides is 1. The number of hydrogen-bond donors (Lipinski definition) is 2. The summed E-state index contributed by atoms with van der Waals surface area (Å²) in [6, 6.07) is 5.22. The van der Waals surface area contributed by atoms with Crippen LogP contribution in [0.25, 0.3) is 0 Å². The van der Waals surface area contributed by atoms with E-state index in [1.807, 2.05) is 0 Å². The molecule has 0 aromatic heterocycles. The van der Waals surface area contributed by atoms with Gasteiger partial charge in [-0.05, 0) is 31.0 Å². The molecule has 5 nitrogen and oxygen atoms in total. The van der Waals surface area contributed by atoms with Crippen LogP contribution in [0.5, 0.6) is 5.75 Å². The van der Waals surface area contributed by atoms with E-state index in [1.54, 1.807) is 25.3 Å². The number of benzene rings is 1. The van der Waals surface area contributed by atoms with Crippen LogP contribution in [0.1, 0.15) is 37.7 Å². The van der Waals surface area contributed by atoms with Gasteiger partial charge in [-0.15, -0.1) is 0 Å². The SMILES string of the molecule is COc1ccc(N)cc1CNS(=O)(=O)C1CCCCC1. The van der Waals surface area contributed by atoms with Crippen LogP contribution in [0.4, 0.5) is 5.69 Å². The molecule has 0 heterocycles. The minimum Gasteiger partial charge on any atom is -0.496 e. The molecular weight excluding hydrogens is 276 g/mol. The fourth-order valence-electron chi connectivity index (χ4n) is 2.61. The van der Waals surface area contributed by atoms with Crippen molar-refractivity contribution in [2.75, 3.05) is 12.8 Å². The average molecular weight is 298 g/mol. The van der Waals surface area contributed by atoms with Gasteiger partial charge in [0.15, 0.2) is 0 Å². The number of nitrogens with two attached hydrogens (primary N) is 1. The first kappa shape index (κ1) is 15.1. The lowest BCUT2D eigenvalue weighted by Crippen LogP contribution is -2.35. The molecule has 1 fully saturated rings. The van der Waals surface area contributed by atoms with Gasteiger partial charge in [-0.2, -0.15) is 0 Å². The topological polar surface area (TPSA) is 81.4 Å². The highest BCUT2D eigenvalue weighted by Gasteiger charge is 2.26. The van der Waals surface area contributed by atoms with Crippen molar-refractivity contribution in [2.24, 2.45) is 0 Å². The normalized spacial score (nSPS) is 17.1. The minimum atomic E-state index is -3.27. The molecule has 6 heteroatoms. The zero-order valence-corrected chi connectivity index (χ0v) is 12.6. The van der Waals surface area contributed by atoms with E-state index in [0.717, 1.165) is 37.7 Å². The van der Waals surface area contributed by atoms with E-state index in [1.165, 1.54) is 0 Å². The molecule has 1 saturated carbocycles. The second-order valence-corrected chi connectivity index (χ2v) is 7.24. The van der Waals surface area contributed by atoms with Crippen molar-refractivity contribution >= 4 is 15.7 Å². The molecule has 20 heavy (non-hydrogen) atoms. The van der Waals surface area contributed by atoms with Crippen molar-refractivity contribution in [3.63, 3.8) is 0 Å². The Bertz CT molecular complexity index is 552. The van der Waals surface area contributed by atoms with Crippen LogP contribution in [0.15, 0.2) is 18.2 Å². The third-order valence-electron chi connectivity index (χ3n) is 3.76. The van der Waals surface area contributed by atoms with Crippen LogP contribution in [0, 0.1) is 0 Å². The molecule has 0 spiro atoms. The average Bonchev–Trinajstić information content (AvgIpc) is 2.46. The van der Waals surface area contributed by atoms with Gasteiger partial charge in [0.05, 0.1) is 12.4 Å². The predicted octanol–water partition coefficient (Wildman–Crippen LogP) is 2.03. The molecule has 1 aromatic rings. The third kappa shape index (κ3) is 3.64. The van der Waals surface area contributed by atoms with Crippen molar-refractivity contribution in [3.05, 3.63) is 23.8 Å². The summed E-state index contributed by atoms with van der Waals surface area (Å²) in [5.74, 6) is 0.644. The Morgan fingerprint density at radius 1 is 1.30 bits per heavy atom. The Balaban J connectivity index is 2.05. The van der Waals surface area contributed by atoms with E-state index in [0.29, 0.717) is 11.4 Å². The van der Waals surface area contributed by atoms with Crippen LogP contribution in [-0.2, 0) is 16.6 Å². The molecule has 0 amide bonds. The van der Waals surface area contributed by atoms with Crippen LogP contribution in [0.2, 0.25) is 0 Å². The molecule has 0 saturated heterocycles. The molecule has 1 aliphatic carbocycles. The van der Waals surface area contributed by atoms with Gasteiger partial charge in [0.25, 0.3) is 0 Å². The summed E-state index contributed by atoms with van der Waals surface area (Å²) >= 11 is 0. The maximum Gasteiger partial charge on any atom is 0.214 e. The lowest BCUT2D eigenvalue weighted by molar-refractivity contribution is 0.409. The van der Waals surface area contributed by atoms with Crippen molar-refractivity contribution in [1.82, 2.24) is 4.72 Å². The molecule has 0 bridgehead atoms. The molecule has 1 aliphatic rings. The van der Waals surface area contributed by atoms with E-state index >= 15 is 0 Å². The Kier molecular flexibility index (Phi) is 4.88. The summed E-state index contributed by atoms with van der Waals surface area (Å²) in [6.45, 7) is 0.215. The van der Waals surface area contributed by atoms with E-state index in [2.05, 4.69) is 4.72 Å². The highest BCUT2D eigenvalue weighted by molar-refractivity contribution is 7.90. The summed E-state index contributed by atoms with van der Waals surface area (Å²) < 4.78 is 32.4. The van der Waals surface area contributed by atoms with Gasteiger partial charge in [-0.3, -0.25) is 0 Å². The van der Waals surface area contributed by atoms with Gasteiger partial charge >= 0.3 is 0 Å². The highest BCUT2D eigenvalue weighted by atomic mass is 32.2. The first-order valence-corrected chi connectivity index (χ1v) is 8.48. The molecule has 0 radical (unpaired) electrons. The van der Waals surface area contributed by atoms with Crippen molar-refractivity contribution in [1.29, 1.82) is 0 Å². The summed E-state index contributed by atoms with van der Waals surface area (Å²) in [5, 5.41) is -0.261. The maximum absolute atomic E-state index is 12.3. The number of ether oxygens (including phenoxy) is 1. The molecule has 2 rings (SSSR count). The monoisotopic (exact) mass is 298 g/mol. The number of anilines is 1. The number of rotatable bonds is 5. The third-order valence-corrected chi connectivity index (χ3v) is 5.66. The maximum atomic E-state index is 12.3. The lowest BCUT2D eigenvalue weighted by atomic mass is 10.0. The quantitative estimate of drug-likeness (QED) is 0.815. The van der Waals surface area contributed by atoms with Crippen LogP contribution in [-0.4, -0.2) is 20.8 Å². The summed E-state index contributed by atoms with van der Waals surface area (Å²) in [7, 11) is -1.71. The van der Waals surface area contributed by atoms with E-state index < -0.39 is 10.0 Å². The Hall–Kier alpha value is -1.27. The molecule has 1 aromatic carbocycles. The van der Waals surface area contributed by atoms with E-state index in [4.69, 9.17) is 10.5 Å². The number of nitrogen functional groups attached to an aromatic ring is 1. The van der Waals surface area contributed by atoms with E-state index in [9.17, 15) is 8.42 Å². The summed E-state index contributed by atoms with van der Waals surface area (Å²) in [6.07, 6.45) is 4.63. The smallest absolute Gasteiger partial charge is 0.214 e. The van der Waals surface area contributed by atoms with Gasteiger partial charge in [0.2, 0.25) is 10.0 Å². The van der Waals surface area contributed by atoms with Crippen LogP contribution in [0.3, 0.4) is 0 Å². The zero-order chi connectivity index (χ0) is 14.6. The Morgan fingerprint density at radius 2 is 2.00 bits per heavy atom. The predicted molar refractivity (Wildman–Crippen MR) is 80.0 cm³/mol. The van der Waals surface area contributed by atoms with Gasteiger partial charge in [-0.25, -0.2) is 13.1 Å². The fourth-order valence-corrected chi connectivity index (χ4v) is 4.15. The minimum absolute atomic E-state index is 0.215. The zero-order valence-electron chi connectivity index (χ0n) is 11.8. The van der Waals surface area contributed by atoms with Crippen molar-refractivity contribution < 1.29 is 13.2 Å². The number of methoxy groups -OCH3 is 1. The fraction of sp³-hybridized carbons (Fsp3) is 0.571. The molecule has 0 aliphatic heterocycles. The second kappa shape index (κ2) is 6.45. The molecule has 0 atom stereocenters. The second-order valence-electron chi connectivity index (χ2n) is 5.20. The van der Waals surface area contributed by atoms with Gasteiger partial charge in [0.1, 0.15) is 5.75 Å². The molecule has 3 N–H and O–H groups in total. The first-order valence-electron chi connectivity index (χ1n) is 6.94. The number of nitrogens with one attached hydrogen (secondary N) is 1. The molecular formula is C14H22N2O3S. The lowest BCUT2D eigenvalue weighted by Gasteiger charge is -2.22. The Labute approximate surface area is 120 Å². The largest absolute Gasteiger partial charge is 0.496 e. The van der Waals surface area contributed by atoms with Crippen LogP contribution >= 0.6 is 0 Å². The number of hydrogen-bond acceptors (Lipinski definition) is 4. The van der Waals surface area contributed by atoms with Crippen molar-refractivity contribution in [2.45, 2.75) is 43.9 Å². The summed E-state index contributed by atoms with van der Waals surface area (Å²) in [5.41, 5.74) is 7.08. The summed E-state index contributed by atoms with van der Waals surface area (Å²) in [4.78, 5) is 0. The highest BCUT2D eigenvalue weighted by Crippen LogP contribution is 2.25. The first-order chi connectivity index (χ1) is 9.53. The molecule has 112 valence electrons. The molecule has 0 unspecified atom stereocenters. The van der Waals surface area contributed by atoms with Gasteiger partial charge in [0, 0.05) is 17.8 Å². The van der Waals surface area contributed by atoms with Gasteiger partial charge in [-0.1, -0.05) is 19.3 Å². The van der Waals surface area contributed by atoms with E-state index in [-0.39, 0.29) is 11.8 Å².